The molecule has 0 saturated carbocycles. The highest BCUT2D eigenvalue weighted by Crippen LogP contribution is 2.38. The molecule has 142 valence electrons. The quantitative estimate of drug-likeness (QED) is 0.830. The van der Waals surface area contributed by atoms with Crippen molar-refractivity contribution in [1.29, 1.82) is 0 Å². The van der Waals surface area contributed by atoms with Crippen molar-refractivity contribution in [2.45, 2.75) is 50.6 Å². The SMILES string of the molecule is O=C(Nc1ccc(CC(F)F)c(-c2cncc(F)c2)c1)N1C2CCCC1C2. The van der Waals surface area contributed by atoms with Crippen molar-refractivity contribution in [3.8, 4) is 11.1 Å². The van der Waals surface area contributed by atoms with Crippen molar-refractivity contribution in [1.82, 2.24) is 9.88 Å². The minimum absolute atomic E-state index is 0.166. The Kier molecular flexibility index (Phi) is 4.76. The van der Waals surface area contributed by atoms with Crippen LogP contribution in [-0.4, -0.2) is 34.4 Å². The zero-order valence-corrected chi connectivity index (χ0v) is 14.7. The molecule has 1 N–H and O–H groups in total. The number of carbonyl (C=O) groups is 1. The molecule has 0 aliphatic carbocycles. The normalized spacial score (nSPS) is 21.1. The van der Waals surface area contributed by atoms with Crippen LogP contribution in [0.2, 0.25) is 0 Å². The zero-order valence-electron chi connectivity index (χ0n) is 14.7. The number of carbonyl (C=O) groups excluding carboxylic acids is 1. The highest BCUT2D eigenvalue weighted by Gasteiger charge is 2.44. The number of rotatable bonds is 4. The maximum Gasteiger partial charge on any atom is 0.322 e. The van der Waals surface area contributed by atoms with Gasteiger partial charge in [0.1, 0.15) is 5.82 Å². The fourth-order valence-electron chi connectivity index (χ4n) is 4.15. The van der Waals surface area contributed by atoms with E-state index in [4.69, 9.17) is 0 Å². The summed E-state index contributed by atoms with van der Waals surface area (Å²) in [6, 6.07) is 6.47. The van der Waals surface area contributed by atoms with Gasteiger partial charge in [-0.15, -0.1) is 0 Å². The molecule has 27 heavy (non-hydrogen) atoms. The van der Waals surface area contributed by atoms with Crippen molar-refractivity contribution in [3.63, 3.8) is 0 Å². The Morgan fingerprint density at radius 3 is 2.67 bits per heavy atom. The Morgan fingerprint density at radius 2 is 2.00 bits per heavy atom. The van der Waals surface area contributed by atoms with Gasteiger partial charge in [-0.3, -0.25) is 4.98 Å². The van der Waals surface area contributed by atoms with Gasteiger partial charge >= 0.3 is 6.03 Å². The van der Waals surface area contributed by atoms with E-state index in [1.165, 1.54) is 12.3 Å². The van der Waals surface area contributed by atoms with E-state index < -0.39 is 18.7 Å². The molecule has 2 unspecified atom stereocenters. The molecule has 2 aliphatic rings. The van der Waals surface area contributed by atoms with Crippen LogP contribution in [-0.2, 0) is 6.42 Å². The van der Waals surface area contributed by atoms with E-state index in [0.29, 0.717) is 34.5 Å². The Labute approximate surface area is 155 Å². The van der Waals surface area contributed by atoms with E-state index in [1.807, 2.05) is 4.90 Å². The topological polar surface area (TPSA) is 45.2 Å². The maximum atomic E-state index is 13.6. The third-order valence-corrected chi connectivity index (χ3v) is 5.39. The van der Waals surface area contributed by atoms with E-state index in [2.05, 4.69) is 10.3 Å². The Morgan fingerprint density at radius 1 is 1.22 bits per heavy atom. The molecule has 2 aliphatic heterocycles. The molecule has 2 aromatic rings. The van der Waals surface area contributed by atoms with Crippen LogP contribution in [0, 0.1) is 5.82 Å². The van der Waals surface area contributed by atoms with Gasteiger partial charge in [0, 0.05) is 36.0 Å². The van der Waals surface area contributed by atoms with Gasteiger partial charge in [-0.05, 0) is 55.0 Å². The van der Waals surface area contributed by atoms with Gasteiger partial charge in [0.15, 0.2) is 0 Å². The molecule has 2 fully saturated rings. The lowest BCUT2D eigenvalue weighted by molar-refractivity contribution is 0.0173. The summed E-state index contributed by atoms with van der Waals surface area (Å²) in [6.45, 7) is 0. The number of alkyl halides is 2. The van der Waals surface area contributed by atoms with Crippen LogP contribution >= 0.6 is 0 Å². The van der Waals surface area contributed by atoms with E-state index in [1.54, 1.807) is 18.2 Å². The van der Waals surface area contributed by atoms with Crippen LogP contribution in [0.25, 0.3) is 11.1 Å². The summed E-state index contributed by atoms with van der Waals surface area (Å²) < 4.78 is 39.4. The molecule has 0 spiro atoms. The van der Waals surface area contributed by atoms with Crippen molar-refractivity contribution in [2.24, 2.45) is 0 Å². The van der Waals surface area contributed by atoms with Gasteiger partial charge in [-0.25, -0.2) is 18.0 Å². The number of aromatic nitrogens is 1. The number of pyridine rings is 1. The van der Waals surface area contributed by atoms with Crippen LogP contribution in [0.5, 0.6) is 0 Å². The molecule has 2 amide bonds. The molecule has 2 saturated heterocycles. The summed E-state index contributed by atoms with van der Waals surface area (Å²) in [7, 11) is 0. The van der Waals surface area contributed by atoms with Crippen LogP contribution in [0.3, 0.4) is 0 Å². The second kappa shape index (κ2) is 7.21. The molecule has 4 rings (SSSR count). The number of amides is 2. The fourth-order valence-corrected chi connectivity index (χ4v) is 4.15. The lowest BCUT2D eigenvalue weighted by atomic mass is 9.80. The van der Waals surface area contributed by atoms with Gasteiger partial charge in [0.25, 0.3) is 0 Å². The minimum Gasteiger partial charge on any atom is -0.318 e. The summed E-state index contributed by atoms with van der Waals surface area (Å²) in [6.07, 6.45) is 3.78. The van der Waals surface area contributed by atoms with E-state index in [0.717, 1.165) is 31.9 Å². The molecule has 7 heteroatoms. The summed E-state index contributed by atoms with van der Waals surface area (Å²) in [4.78, 5) is 18.3. The molecular formula is C20H20F3N3O. The molecular weight excluding hydrogens is 355 g/mol. The van der Waals surface area contributed by atoms with Gasteiger partial charge < -0.3 is 10.2 Å². The van der Waals surface area contributed by atoms with Crippen molar-refractivity contribution in [2.75, 3.05) is 5.32 Å². The Bertz CT molecular complexity index is 844. The molecule has 3 heterocycles. The number of nitrogens with one attached hydrogen (secondary N) is 1. The van der Waals surface area contributed by atoms with Crippen LogP contribution < -0.4 is 5.32 Å². The number of benzene rings is 1. The Balaban J connectivity index is 1.60. The highest BCUT2D eigenvalue weighted by atomic mass is 19.3. The van der Waals surface area contributed by atoms with Crippen molar-refractivity contribution in [3.05, 3.63) is 48.0 Å². The molecule has 1 aromatic heterocycles. The third kappa shape index (κ3) is 3.63. The number of hydrogen-bond donors (Lipinski definition) is 1. The van der Waals surface area contributed by atoms with Crippen molar-refractivity contribution < 1.29 is 18.0 Å². The second-order valence-corrected chi connectivity index (χ2v) is 7.17. The second-order valence-electron chi connectivity index (χ2n) is 7.17. The first-order valence-corrected chi connectivity index (χ1v) is 9.12. The number of hydrogen-bond acceptors (Lipinski definition) is 2. The van der Waals surface area contributed by atoms with Crippen molar-refractivity contribution >= 4 is 11.7 Å². The van der Waals surface area contributed by atoms with Crippen LogP contribution in [0.15, 0.2) is 36.7 Å². The number of fused-ring (bicyclic) bond motifs is 2. The molecule has 0 radical (unpaired) electrons. The summed E-state index contributed by atoms with van der Waals surface area (Å²) in [5.41, 5.74) is 1.74. The lowest BCUT2D eigenvalue weighted by Gasteiger charge is -2.52. The van der Waals surface area contributed by atoms with Crippen LogP contribution in [0.1, 0.15) is 31.2 Å². The first-order chi connectivity index (χ1) is 13.0. The number of piperidine rings is 1. The predicted molar refractivity (Wildman–Crippen MR) is 96.2 cm³/mol. The monoisotopic (exact) mass is 375 g/mol. The zero-order chi connectivity index (χ0) is 19.0. The van der Waals surface area contributed by atoms with Gasteiger partial charge in [0.2, 0.25) is 6.43 Å². The first-order valence-electron chi connectivity index (χ1n) is 9.12. The molecule has 2 bridgehead atoms. The largest absolute Gasteiger partial charge is 0.322 e. The maximum absolute atomic E-state index is 13.6. The fraction of sp³-hybridized carbons (Fsp3) is 0.400. The number of urea groups is 1. The summed E-state index contributed by atoms with van der Waals surface area (Å²) >= 11 is 0. The van der Waals surface area contributed by atoms with Crippen LogP contribution in [0.4, 0.5) is 23.7 Å². The van der Waals surface area contributed by atoms with E-state index in [-0.39, 0.29) is 6.03 Å². The smallest absolute Gasteiger partial charge is 0.318 e. The number of halogens is 3. The number of nitrogens with zero attached hydrogens (tertiary/aromatic N) is 2. The summed E-state index contributed by atoms with van der Waals surface area (Å²) in [5, 5.41) is 2.86. The average molecular weight is 375 g/mol. The predicted octanol–water partition coefficient (Wildman–Crippen LogP) is 4.85. The standard InChI is InChI=1S/C20H20F3N3O/c21-14-6-13(10-24-11-14)18-8-15(5-4-12(18)7-19(22)23)25-20(27)26-16-2-1-3-17(26)9-16/h4-6,8,10-11,16-17,19H,1-3,7,9H2,(H,25,27). The van der Waals surface area contributed by atoms with E-state index in [9.17, 15) is 18.0 Å². The van der Waals surface area contributed by atoms with Gasteiger partial charge in [-0.2, -0.15) is 0 Å². The first kappa shape index (κ1) is 17.8. The minimum atomic E-state index is -2.52. The highest BCUT2D eigenvalue weighted by molar-refractivity contribution is 5.91. The third-order valence-electron chi connectivity index (χ3n) is 5.39. The summed E-state index contributed by atoms with van der Waals surface area (Å²) in [5.74, 6) is -0.543. The average Bonchev–Trinajstić information content (AvgIpc) is 2.63. The number of anilines is 1. The van der Waals surface area contributed by atoms with E-state index >= 15 is 0 Å². The van der Waals surface area contributed by atoms with Gasteiger partial charge in [0.05, 0.1) is 6.20 Å². The van der Waals surface area contributed by atoms with Gasteiger partial charge in [-0.1, -0.05) is 6.07 Å². The Hall–Kier alpha value is -2.57. The lowest BCUT2D eigenvalue weighted by Crippen LogP contribution is -2.62. The molecule has 1 aromatic carbocycles. The molecule has 2 atom stereocenters. The molecule has 4 nitrogen and oxygen atoms in total.